The zero-order valence-electron chi connectivity index (χ0n) is 9.00. The molecule has 0 bridgehead atoms. The molecule has 1 nitrogen and oxygen atoms in total. The summed E-state index contributed by atoms with van der Waals surface area (Å²) in [5.74, 6) is -9.38. The summed E-state index contributed by atoms with van der Waals surface area (Å²) < 4.78 is 64.6. The molecule has 0 aliphatic heterocycles. The van der Waals surface area contributed by atoms with E-state index in [2.05, 4.69) is 0 Å². The Kier molecular flexibility index (Phi) is 4.86. The van der Waals surface area contributed by atoms with Crippen LogP contribution in [0.5, 0.6) is 0 Å². The summed E-state index contributed by atoms with van der Waals surface area (Å²) >= 11 is 0. The maximum atomic E-state index is 13.2. The fourth-order valence-electron chi connectivity index (χ4n) is 1.49. The molecule has 6 heteroatoms. The summed E-state index contributed by atoms with van der Waals surface area (Å²) in [6, 6.07) is 0. The summed E-state index contributed by atoms with van der Waals surface area (Å²) in [4.78, 5) is 0. The molecule has 0 unspecified atom stereocenters. The van der Waals surface area contributed by atoms with Crippen molar-refractivity contribution < 1.29 is 22.0 Å². The largest absolute Gasteiger partial charge is 0.330 e. The second kappa shape index (κ2) is 5.95. The van der Waals surface area contributed by atoms with E-state index in [1.807, 2.05) is 0 Å². The van der Waals surface area contributed by atoms with Gasteiger partial charge in [0.15, 0.2) is 23.3 Å². The van der Waals surface area contributed by atoms with Gasteiger partial charge < -0.3 is 5.73 Å². The Morgan fingerprint density at radius 2 is 1.12 bits per heavy atom. The van der Waals surface area contributed by atoms with Crippen molar-refractivity contribution in [1.82, 2.24) is 0 Å². The van der Waals surface area contributed by atoms with Gasteiger partial charge in [0.25, 0.3) is 0 Å². The average molecular weight is 253 g/mol. The van der Waals surface area contributed by atoms with Gasteiger partial charge in [0.1, 0.15) is 0 Å². The first-order valence-electron chi connectivity index (χ1n) is 5.21. The second-order valence-electron chi connectivity index (χ2n) is 3.65. The highest BCUT2D eigenvalue weighted by molar-refractivity contribution is 5.24. The fourth-order valence-corrected chi connectivity index (χ4v) is 1.49. The van der Waals surface area contributed by atoms with E-state index >= 15 is 0 Å². The maximum absolute atomic E-state index is 13.2. The lowest BCUT2D eigenvalue weighted by Gasteiger charge is -2.07. The van der Waals surface area contributed by atoms with Crippen LogP contribution < -0.4 is 5.73 Å². The Balaban J connectivity index is 2.92. The van der Waals surface area contributed by atoms with Crippen molar-refractivity contribution in [2.24, 2.45) is 5.73 Å². The Labute approximate surface area is 95.4 Å². The molecule has 0 saturated heterocycles. The third-order valence-corrected chi connectivity index (χ3v) is 2.43. The molecular weight excluding hydrogens is 241 g/mol. The quantitative estimate of drug-likeness (QED) is 0.371. The van der Waals surface area contributed by atoms with Gasteiger partial charge >= 0.3 is 0 Å². The molecule has 1 rings (SSSR count). The van der Waals surface area contributed by atoms with Crippen molar-refractivity contribution in [3.8, 4) is 0 Å². The minimum absolute atomic E-state index is 0.189. The highest BCUT2D eigenvalue weighted by atomic mass is 19.2. The molecule has 0 heterocycles. The molecule has 0 aromatic heterocycles. The molecule has 17 heavy (non-hydrogen) atoms. The minimum Gasteiger partial charge on any atom is -0.330 e. The number of halogens is 5. The van der Waals surface area contributed by atoms with E-state index in [0.29, 0.717) is 25.8 Å². The second-order valence-corrected chi connectivity index (χ2v) is 3.65. The molecule has 0 atom stereocenters. The van der Waals surface area contributed by atoms with Gasteiger partial charge in [-0.25, -0.2) is 22.0 Å². The topological polar surface area (TPSA) is 26.0 Å². The molecule has 0 saturated carbocycles. The highest BCUT2D eigenvalue weighted by Gasteiger charge is 2.24. The third-order valence-electron chi connectivity index (χ3n) is 2.43. The summed E-state index contributed by atoms with van der Waals surface area (Å²) in [7, 11) is 0. The van der Waals surface area contributed by atoms with Gasteiger partial charge in [-0.3, -0.25) is 0 Å². The van der Waals surface area contributed by atoms with E-state index in [4.69, 9.17) is 5.73 Å². The molecule has 96 valence electrons. The maximum Gasteiger partial charge on any atom is 0.200 e. The first-order valence-corrected chi connectivity index (χ1v) is 5.21. The number of rotatable bonds is 5. The SMILES string of the molecule is NCCCCCc1c(F)c(F)c(F)c(F)c1F. The fraction of sp³-hybridized carbons (Fsp3) is 0.455. The normalized spacial score (nSPS) is 10.9. The molecule has 0 aliphatic carbocycles. The van der Waals surface area contributed by atoms with E-state index < -0.39 is 34.6 Å². The van der Waals surface area contributed by atoms with Crippen LogP contribution in [-0.2, 0) is 6.42 Å². The average Bonchev–Trinajstić information content (AvgIpc) is 2.33. The van der Waals surface area contributed by atoms with Gasteiger partial charge in [0, 0.05) is 5.56 Å². The van der Waals surface area contributed by atoms with Crippen molar-refractivity contribution in [2.45, 2.75) is 25.7 Å². The van der Waals surface area contributed by atoms with E-state index in [9.17, 15) is 22.0 Å². The molecule has 0 radical (unpaired) electrons. The Morgan fingerprint density at radius 1 is 0.647 bits per heavy atom. The smallest absolute Gasteiger partial charge is 0.200 e. The first-order chi connectivity index (χ1) is 8.00. The standard InChI is InChI=1S/C11H12F5N/c12-7-6(4-2-1-3-5-17)8(13)10(15)11(16)9(7)14/h1-5,17H2. The lowest BCUT2D eigenvalue weighted by molar-refractivity contribution is 0.369. The van der Waals surface area contributed by atoms with E-state index in [0.717, 1.165) is 0 Å². The van der Waals surface area contributed by atoms with Gasteiger partial charge in [-0.05, 0) is 25.8 Å². The van der Waals surface area contributed by atoms with Gasteiger partial charge in [-0.2, -0.15) is 0 Å². The number of unbranched alkanes of at least 4 members (excludes halogenated alkanes) is 2. The minimum atomic E-state index is -2.12. The Hall–Kier alpha value is -1.17. The molecule has 0 spiro atoms. The predicted octanol–water partition coefficient (Wildman–Crippen LogP) is 3.05. The number of hydrogen-bond donors (Lipinski definition) is 1. The number of nitrogens with two attached hydrogens (primary N) is 1. The van der Waals surface area contributed by atoms with Crippen LogP contribution in [-0.4, -0.2) is 6.54 Å². The van der Waals surface area contributed by atoms with Crippen LogP contribution in [0.15, 0.2) is 0 Å². The molecule has 0 fully saturated rings. The van der Waals surface area contributed by atoms with Crippen LogP contribution in [0.4, 0.5) is 22.0 Å². The molecular formula is C11H12F5N. The van der Waals surface area contributed by atoms with Gasteiger partial charge in [0.2, 0.25) is 5.82 Å². The molecule has 0 aliphatic rings. The highest BCUT2D eigenvalue weighted by Crippen LogP contribution is 2.24. The van der Waals surface area contributed by atoms with E-state index in [-0.39, 0.29) is 6.42 Å². The summed E-state index contributed by atoms with van der Waals surface area (Å²) in [6.07, 6.45) is 1.37. The van der Waals surface area contributed by atoms with Crippen molar-refractivity contribution >= 4 is 0 Å². The van der Waals surface area contributed by atoms with Gasteiger partial charge in [-0.1, -0.05) is 6.42 Å². The van der Waals surface area contributed by atoms with Gasteiger partial charge in [-0.15, -0.1) is 0 Å². The molecule has 0 amide bonds. The van der Waals surface area contributed by atoms with Crippen LogP contribution in [0, 0.1) is 29.1 Å². The van der Waals surface area contributed by atoms with E-state index in [1.54, 1.807) is 0 Å². The molecule has 2 N–H and O–H groups in total. The van der Waals surface area contributed by atoms with E-state index in [1.165, 1.54) is 0 Å². The zero-order valence-corrected chi connectivity index (χ0v) is 9.00. The molecule has 1 aromatic rings. The van der Waals surface area contributed by atoms with Crippen LogP contribution in [0.1, 0.15) is 24.8 Å². The summed E-state index contributed by atoms with van der Waals surface area (Å²) in [5, 5.41) is 0. The number of benzene rings is 1. The van der Waals surface area contributed by atoms with Crippen LogP contribution in [0.2, 0.25) is 0 Å². The zero-order chi connectivity index (χ0) is 13.0. The number of hydrogen-bond acceptors (Lipinski definition) is 1. The van der Waals surface area contributed by atoms with Crippen LogP contribution in [0.25, 0.3) is 0 Å². The molecule has 1 aromatic carbocycles. The van der Waals surface area contributed by atoms with Crippen molar-refractivity contribution in [3.05, 3.63) is 34.6 Å². The van der Waals surface area contributed by atoms with Crippen LogP contribution in [0.3, 0.4) is 0 Å². The lowest BCUT2D eigenvalue weighted by atomic mass is 10.0. The Morgan fingerprint density at radius 3 is 1.59 bits per heavy atom. The monoisotopic (exact) mass is 253 g/mol. The van der Waals surface area contributed by atoms with Crippen molar-refractivity contribution in [1.29, 1.82) is 0 Å². The first kappa shape index (κ1) is 13.9. The Bertz CT molecular complexity index is 376. The predicted molar refractivity (Wildman–Crippen MR) is 52.8 cm³/mol. The summed E-state index contributed by atoms with van der Waals surface area (Å²) in [6.45, 7) is 0.428. The third kappa shape index (κ3) is 2.94. The van der Waals surface area contributed by atoms with Gasteiger partial charge in [0.05, 0.1) is 0 Å². The van der Waals surface area contributed by atoms with Crippen molar-refractivity contribution in [3.63, 3.8) is 0 Å². The summed E-state index contributed by atoms with van der Waals surface area (Å²) in [5.41, 5.74) is 4.47. The van der Waals surface area contributed by atoms with Crippen molar-refractivity contribution in [2.75, 3.05) is 6.54 Å². The lowest BCUT2D eigenvalue weighted by Crippen LogP contribution is -2.07. The van der Waals surface area contributed by atoms with Crippen LogP contribution >= 0.6 is 0 Å².